The Hall–Kier alpha value is -3.32. The molecule has 0 spiro atoms. The molecule has 0 N–H and O–H groups in total. The van der Waals surface area contributed by atoms with Crippen LogP contribution in [0, 0.1) is 5.92 Å². The molecule has 0 fully saturated rings. The highest BCUT2D eigenvalue weighted by Gasteiger charge is 2.23. The van der Waals surface area contributed by atoms with Gasteiger partial charge in [-0.05, 0) is 65.8 Å². The van der Waals surface area contributed by atoms with Gasteiger partial charge in [-0.3, -0.25) is 0 Å². The van der Waals surface area contributed by atoms with E-state index in [0.717, 1.165) is 13.0 Å². The third-order valence-corrected chi connectivity index (χ3v) is 6.18. The molecule has 0 radical (unpaired) electrons. The maximum Gasteiger partial charge on any atom is 0.0411 e. The Morgan fingerprint density at radius 2 is 1.33 bits per heavy atom. The largest absolute Gasteiger partial charge is 0.341 e. The maximum atomic E-state index is 2.48. The van der Waals surface area contributed by atoms with E-state index in [4.69, 9.17) is 0 Å². The molecule has 3 aromatic carbocycles. The van der Waals surface area contributed by atoms with E-state index in [2.05, 4.69) is 114 Å². The van der Waals surface area contributed by atoms with Crippen molar-refractivity contribution in [3.05, 3.63) is 120 Å². The Morgan fingerprint density at radius 1 is 0.667 bits per heavy atom. The number of hydrogen-bond acceptors (Lipinski definition) is 1. The first-order valence-electron chi connectivity index (χ1n) is 10.9. The summed E-state index contributed by atoms with van der Waals surface area (Å²) >= 11 is 0. The third kappa shape index (κ3) is 3.89. The minimum atomic E-state index is 0.524. The molecule has 0 saturated heterocycles. The smallest absolute Gasteiger partial charge is 0.0411 e. The van der Waals surface area contributed by atoms with E-state index in [0.29, 0.717) is 5.92 Å². The van der Waals surface area contributed by atoms with E-state index in [1.807, 2.05) is 0 Å². The van der Waals surface area contributed by atoms with Gasteiger partial charge in [0.15, 0.2) is 0 Å². The standard InChI is InChI=1S/C29H27N/c1-3-10-23(11-4-1)24-18-20-28(21-19-24)30(27-15-5-2-6-16-27)22-26-14-9-13-25-12-7-8-17-29(25)26/h1-6,8-11,13,15-21,26H,7,12,14,22H2. The lowest BCUT2D eigenvalue weighted by atomic mass is 9.82. The topological polar surface area (TPSA) is 3.24 Å². The molecule has 5 rings (SSSR count). The first kappa shape index (κ1) is 18.7. The zero-order valence-corrected chi connectivity index (χ0v) is 17.2. The van der Waals surface area contributed by atoms with Crippen molar-refractivity contribution < 1.29 is 0 Å². The molecule has 2 aliphatic rings. The van der Waals surface area contributed by atoms with E-state index in [9.17, 15) is 0 Å². The van der Waals surface area contributed by atoms with Crippen LogP contribution < -0.4 is 4.90 Å². The highest BCUT2D eigenvalue weighted by atomic mass is 15.1. The number of nitrogens with zero attached hydrogens (tertiary/aromatic N) is 1. The van der Waals surface area contributed by atoms with Gasteiger partial charge in [-0.15, -0.1) is 0 Å². The molecule has 148 valence electrons. The molecule has 3 aromatic rings. The minimum absolute atomic E-state index is 0.524. The van der Waals surface area contributed by atoms with Crippen molar-refractivity contribution >= 4 is 11.4 Å². The zero-order valence-electron chi connectivity index (χ0n) is 17.2. The average molecular weight is 390 g/mol. The van der Waals surface area contributed by atoms with Crippen molar-refractivity contribution in [2.24, 2.45) is 5.92 Å². The fourth-order valence-electron chi connectivity index (χ4n) is 4.61. The van der Waals surface area contributed by atoms with Crippen LogP contribution in [-0.2, 0) is 0 Å². The molecule has 0 amide bonds. The van der Waals surface area contributed by atoms with Crippen LogP contribution in [0.4, 0.5) is 11.4 Å². The summed E-state index contributed by atoms with van der Waals surface area (Å²) < 4.78 is 0. The SMILES string of the molecule is C1=CC2=C(C=CCC2CN(c2ccccc2)c2ccc(-c3ccccc3)cc2)CC1. The number of allylic oxidation sites excluding steroid dienone is 5. The molecular formula is C29H27N. The van der Waals surface area contributed by atoms with Gasteiger partial charge >= 0.3 is 0 Å². The lowest BCUT2D eigenvalue weighted by molar-refractivity contribution is 0.617. The average Bonchev–Trinajstić information content (AvgIpc) is 2.84. The second-order valence-electron chi connectivity index (χ2n) is 8.12. The zero-order chi connectivity index (χ0) is 20.2. The second-order valence-corrected chi connectivity index (χ2v) is 8.12. The molecule has 0 aromatic heterocycles. The Balaban J connectivity index is 1.47. The van der Waals surface area contributed by atoms with Gasteiger partial charge in [-0.25, -0.2) is 0 Å². The number of anilines is 2. The van der Waals surface area contributed by atoms with Crippen molar-refractivity contribution in [1.82, 2.24) is 0 Å². The van der Waals surface area contributed by atoms with E-state index in [1.54, 1.807) is 0 Å². The van der Waals surface area contributed by atoms with E-state index in [1.165, 1.54) is 46.5 Å². The van der Waals surface area contributed by atoms with Gasteiger partial charge in [0, 0.05) is 23.8 Å². The van der Waals surface area contributed by atoms with Gasteiger partial charge < -0.3 is 4.90 Å². The Bertz CT molecular complexity index is 1070. The Labute approximate surface area is 179 Å². The van der Waals surface area contributed by atoms with Crippen molar-refractivity contribution in [3.8, 4) is 11.1 Å². The Kier molecular flexibility index (Phi) is 5.35. The summed E-state index contributed by atoms with van der Waals surface area (Å²) in [5, 5.41) is 0. The molecule has 30 heavy (non-hydrogen) atoms. The second kappa shape index (κ2) is 8.59. The van der Waals surface area contributed by atoms with Crippen molar-refractivity contribution in [2.75, 3.05) is 11.4 Å². The molecule has 0 bridgehead atoms. The predicted octanol–water partition coefficient (Wildman–Crippen LogP) is 7.71. The van der Waals surface area contributed by atoms with Crippen LogP contribution in [0.5, 0.6) is 0 Å². The predicted molar refractivity (Wildman–Crippen MR) is 128 cm³/mol. The third-order valence-electron chi connectivity index (χ3n) is 6.18. The van der Waals surface area contributed by atoms with Gasteiger partial charge in [0.1, 0.15) is 0 Å². The normalized spacial score (nSPS) is 17.7. The fourth-order valence-corrected chi connectivity index (χ4v) is 4.61. The van der Waals surface area contributed by atoms with Gasteiger partial charge in [0.05, 0.1) is 0 Å². The molecule has 1 heteroatoms. The van der Waals surface area contributed by atoms with E-state index < -0.39 is 0 Å². The van der Waals surface area contributed by atoms with Crippen LogP contribution in [-0.4, -0.2) is 6.54 Å². The summed E-state index contributed by atoms with van der Waals surface area (Å²) in [6.07, 6.45) is 12.9. The molecule has 0 saturated carbocycles. The minimum Gasteiger partial charge on any atom is -0.341 e. The molecular weight excluding hydrogens is 362 g/mol. The van der Waals surface area contributed by atoms with Crippen LogP contribution in [0.2, 0.25) is 0 Å². The number of rotatable bonds is 5. The van der Waals surface area contributed by atoms with Gasteiger partial charge in [-0.1, -0.05) is 85.0 Å². The number of hydrogen-bond donors (Lipinski definition) is 0. The van der Waals surface area contributed by atoms with Gasteiger partial charge in [-0.2, -0.15) is 0 Å². The molecule has 1 unspecified atom stereocenters. The molecule has 0 aliphatic heterocycles. The summed E-state index contributed by atoms with van der Waals surface area (Å²) in [5.74, 6) is 0.524. The highest BCUT2D eigenvalue weighted by Crippen LogP contribution is 2.36. The molecule has 1 atom stereocenters. The first-order valence-corrected chi connectivity index (χ1v) is 10.9. The highest BCUT2D eigenvalue weighted by molar-refractivity contribution is 5.70. The molecule has 0 heterocycles. The van der Waals surface area contributed by atoms with E-state index in [-0.39, 0.29) is 0 Å². The van der Waals surface area contributed by atoms with Gasteiger partial charge in [0.2, 0.25) is 0 Å². The monoisotopic (exact) mass is 389 g/mol. The van der Waals surface area contributed by atoms with Crippen molar-refractivity contribution in [3.63, 3.8) is 0 Å². The summed E-state index contributed by atoms with van der Waals surface area (Å²) in [6, 6.07) is 30.4. The fraction of sp³-hybridized carbons (Fsp3) is 0.172. The van der Waals surface area contributed by atoms with Crippen molar-refractivity contribution in [2.45, 2.75) is 19.3 Å². The first-order chi connectivity index (χ1) is 14.9. The number of benzene rings is 3. The molecule has 2 aliphatic carbocycles. The van der Waals surface area contributed by atoms with Crippen LogP contribution in [0.3, 0.4) is 0 Å². The van der Waals surface area contributed by atoms with Crippen LogP contribution in [0.1, 0.15) is 19.3 Å². The summed E-state index contributed by atoms with van der Waals surface area (Å²) in [6.45, 7) is 0.988. The summed E-state index contributed by atoms with van der Waals surface area (Å²) in [5.41, 5.74) is 8.08. The summed E-state index contributed by atoms with van der Waals surface area (Å²) in [4.78, 5) is 2.48. The number of para-hydroxylation sites is 1. The van der Waals surface area contributed by atoms with Crippen LogP contribution in [0.15, 0.2) is 120 Å². The lowest BCUT2D eigenvalue weighted by Gasteiger charge is -2.33. The summed E-state index contributed by atoms with van der Waals surface area (Å²) in [7, 11) is 0. The molecule has 1 nitrogen and oxygen atoms in total. The van der Waals surface area contributed by atoms with Crippen LogP contribution >= 0.6 is 0 Å². The Morgan fingerprint density at radius 3 is 2.10 bits per heavy atom. The maximum absolute atomic E-state index is 2.48. The van der Waals surface area contributed by atoms with E-state index >= 15 is 0 Å². The quantitative estimate of drug-likeness (QED) is 0.432. The van der Waals surface area contributed by atoms with Gasteiger partial charge in [0.25, 0.3) is 0 Å². The lowest BCUT2D eigenvalue weighted by Crippen LogP contribution is -2.27. The van der Waals surface area contributed by atoms with Crippen LogP contribution in [0.25, 0.3) is 11.1 Å². The van der Waals surface area contributed by atoms with Crippen molar-refractivity contribution in [1.29, 1.82) is 0 Å².